The van der Waals surface area contributed by atoms with Gasteiger partial charge in [-0.05, 0) is 75.7 Å². The van der Waals surface area contributed by atoms with Crippen LogP contribution in [-0.4, -0.2) is 9.13 Å². The molecule has 11 rings (SSSR count). The van der Waals surface area contributed by atoms with Crippen LogP contribution in [0.25, 0.3) is 99.1 Å². The number of hydrogen-bond acceptors (Lipinski definition) is 0. The highest BCUT2D eigenvalue weighted by atomic mass is 15.0. The lowest BCUT2D eigenvalue weighted by atomic mass is 9.96. The van der Waals surface area contributed by atoms with Crippen LogP contribution in [0.1, 0.15) is 0 Å². The molecule has 0 saturated carbocycles. The number of hydrogen-bond donors (Lipinski definition) is 0. The minimum absolute atomic E-state index is 1.17. The Bertz CT molecular complexity index is 3180. The average molecular weight is 687 g/mol. The number of para-hydroxylation sites is 3. The molecule has 252 valence electrons. The molecule has 0 fully saturated rings. The molecule has 2 aromatic heterocycles. The van der Waals surface area contributed by atoms with E-state index in [1.54, 1.807) is 0 Å². The average Bonchev–Trinajstić information content (AvgIpc) is 3.77. The first-order valence-corrected chi connectivity index (χ1v) is 18.6. The standard InChI is InChI=1S/C52H34N2/c1-3-14-35(15-4-1)39-31-33-49-46(34-39)44-21-10-12-24-48(44)54(49)47-23-11-9-19-41(47)37-26-28-38(29-27-37)42-22-13-25-50-51(42)45-32-30-36-16-7-8-20-43(36)52(45)53(50)40-17-5-2-6-18-40/h1-34H. The molecule has 0 unspecified atom stereocenters. The molecular formula is C52H34N2. The van der Waals surface area contributed by atoms with Gasteiger partial charge in [-0.2, -0.15) is 0 Å². The van der Waals surface area contributed by atoms with Gasteiger partial charge in [0.25, 0.3) is 0 Å². The SMILES string of the molecule is c1ccc(-c2ccc3c(c2)c2ccccc2n3-c2ccccc2-c2ccc(-c3cccc4c3c3ccc5ccccc5c3n4-c3ccccc3)cc2)cc1. The van der Waals surface area contributed by atoms with E-state index in [1.165, 1.54) is 99.1 Å². The van der Waals surface area contributed by atoms with Crippen LogP contribution < -0.4 is 0 Å². The van der Waals surface area contributed by atoms with E-state index in [2.05, 4.69) is 215 Å². The number of nitrogens with zero attached hydrogens (tertiary/aromatic N) is 2. The predicted molar refractivity (Wildman–Crippen MR) is 229 cm³/mol. The summed E-state index contributed by atoms with van der Waals surface area (Å²) in [4.78, 5) is 0. The van der Waals surface area contributed by atoms with Gasteiger partial charge in [0.05, 0.1) is 27.8 Å². The van der Waals surface area contributed by atoms with E-state index in [0.29, 0.717) is 0 Å². The zero-order valence-corrected chi connectivity index (χ0v) is 29.5. The minimum atomic E-state index is 1.17. The van der Waals surface area contributed by atoms with Gasteiger partial charge in [0, 0.05) is 38.2 Å². The Morgan fingerprint density at radius 2 is 0.907 bits per heavy atom. The third-order valence-corrected chi connectivity index (χ3v) is 11.1. The molecular weight excluding hydrogens is 653 g/mol. The highest BCUT2D eigenvalue weighted by Gasteiger charge is 2.19. The van der Waals surface area contributed by atoms with Crippen molar-refractivity contribution in [2.24, 2.45) is 0 Å². The van der Waals surface area contributed by atoms with Crippen molar-refractivity contribution in [2.45, 2.75) is 0 Å². The largest absolute Gasteiger partial charge is 0.309 e. The van der Waals surface area contributed by atoms with E-state index in [9.17, 15) is 0 Å². The van der Waals surface area contributed by atoms with Crippen molar-refractivity contribution < 1.29 is 0 Å². The van der Waals surface area contributed by atoms with E-state index in [-0.39, 0.29) is 0 Å². The molecule has 11 aromatic rings. The summed E-state index contributed by atoms with van der Waals surface area (Å²) in [6, 6.07) is 75.1. The second-order valence-corrected chi connectivity index (χ2v) is 14.1. The van der Waals surface area contributed by atoms with Crippen molar-refractivity contribution in [1.82, 2.24) is 9.13 Å². The number of rotatable bonds is 5. The van der Waals surface area contributed by atoms with Crippen LogP contribution in [-0.2, 0) is 0 Å². The molecule has 2 nitrogen and oxygen atoms in total. The predicted octanol–water partition coefficient (Wildman–Crippen LogP) is 14.0. The highest BCUT2D eigenvalue weighted by Crippen LogP contribution is 2.42. The van der Waals surface area contributed by atoms with Gasteiger partial charge in [0.1, 0.15) is 0 Å². The Morgan fingerprint density at radius 1 is 0.296 bits per heavy atom. The smallest absolute Gasteiger partial charge is 0.0619 e. The molecule has 2 heteroatoms. The second kappa shape index (κ2) is 12.2. The first-order valence-electron chi connectivity index (χ1n) is 18.6. The van der Waals surface area contributed by atoms with Gasteiger partial charge in [-0.15, -0.1) is 0 Å². The molecule has 54 heavy (non-hydrogen) atoms. The number of fused-ring (bicyclic) bond motifs is 8. The highest BCUT2D eigenvalue weighted by molar-refractivity contribution is 6.22. The zero-order chi connectivity index (χ0) is 35.6. The summed E-state index contributed by atoms with van der Waals surface area (Å²) in [6.45, 7) is 0. The third-order valence-electron chi connectivity index (χ3n) is 11.1. The fourth-order valence-corrected chi connectivity index (χ4v) is 8.70. The van der Waals surface area contributed by atoms with Gasteiger partial charge < -0.3 is 9.13 Å². The molecule has 0 amide bonds. The maximum absolute atomic E-state index is 2.44. The quantitative estimate of drug-likeness (QED) is 0.171. The molecule has 0 bridgehead atoms. The third kappa shape index (κ3) is 4.67. The lowest BCUT2D eigenvalue weighted by molar-refractivity contribution is 1.18. The van der Waals surface area contributed by atoms with E-state index in [4.69, 9.17) is 0 Å². The Balaban J connectivity index is 1.07. The lowest BCUT2D eigenvalue weighted by Gasteiger charge is -2.15. The van der Waals surface area contributed by atoms with Crippen LogP contribution in [0.4, 0.5) is 0 Å². The van der Waals surface area contributed by atoms with Gasteiger partial charge in [-0.1, -0.05) is 164 Å². The monoisotopic (exact) mass is 686 g/mol. The van der Waals surface area contributed by atoms with Crippen molar-refractivity contribution >= 4 is 54.4 Å². The summed E-state index contributed by atoms with van der Waals surface area (Å²) >= 11 is 0. The summed E-state index contributed by atoms with van der Waals surface area (Å²) in [7, 11) is 0. The number of aromatic nitrogens is 2. The van der Waals surface area contributed by atoms with E-state index in [1.807, 2.05) is 0 Å². The molecule has 0 spiro atoms. The van der Waals surface area contributed by atoms with Crippen LogP contribution >= 0.6 is 0 Å². The van der Waals surface area contributed by atoms with Crippen LogP contribution in [0.15, 0.2) is 206 Å². The van der Waals surface area contributed by atoms with Crippen molar-refractivity contribution in [3.8, 4) is 44.8 Å². The van der Waals surface area contributed by atoms with E-state index in [0.717, 1.165) is 0 Å². The molecule has 0 aliphatic carbocycles. The Labute approximate surface area is 313 Å². The van der Waals surface area contributed by atoms with Crippen molar-refractivity contribution in [1.29, 1.82) is 0 Å². The van der Waals surface area contributed by atoms with Crippen molar-refractivity contribution in [3.63, 3.8) is 0 Å². The fraction of sp³-hybridized carbons (Fsp3) is 0. The summed E-state index contributed by atoms with van der Waals surface area (Å²) in [5.74, 6) is 0. The van der Waals surface area contributed by atoms with Gasteiger partial charge in [0.15, 0.2) is 0 Å². The molecule has 0 N–H and O–H groups in total. The van der Waals surface area contributed by atoms with Crippen LogP contribution in [0.2, 0.25) is 0 Å². The van der Waals surface area contributed by atoms with Gasteiger partial charge >= 0.3 is 0 Å². The minimum Gasteiger partial charge on any atom is -0.309 e. The molecule has 2 heterocycles. The van der Waals surface area contributed by atoms with Crippen LogP contribution in [0.5, 0.6) is 0 Å². The zero-order valence-electron chi connectivity index (χ0n) is 29.5. The maximum Gasteiger partial charge on any atom is 0.0619 e. The van der Waals surface area contributed by atoms with Crippen LogP contribution in [0.3, 0.4) is 0 Å². The van der Waals surface area contributed by atoms with Crippen molar-refractivity contribution in [3.05, 3.63) is 206 Å². The summed E-state index contributed by atoms with van der Waals surface area (Å²) in [6.07, 6.45) is 0. The van der Waals surface area contributed by atoms with Gasteiger partial charge in [0.2, 0.25) is 0 Å². The van der Waals surface area contributed by atoms with Gasteiger partial charge in [-0.25, -0.2) is 0 Å². The van der Waals surface area contributed by atoms with E-state index < -0.39 is 0 Å². The fourth-order valence-electron chi connectivity index (χ4n) is 8.70. The first kappa shape index (κ1) is 30.5. The van der Waals surface area contributed by atoms with E-state index >= 15 is 0 Å². The van der Waals surface area contributed by atoms with Crippen molar-refractivity contribution in [2.75, 3.05) is 0 Å². The first-order chi connectivity index (χ1) is 26.8. The van der Waals surface area contributed by atoms with Crippen LogP contribution in [0, 0.1) is 0 Å². The summed E-state index contributed by atoms with van der Waals surface area (Å²) in [5.41, 5.74) is 14.5. The maximum atomic E-state index is 2.44. The Hall–Kier alpha value is -7.16. The van der Waals surface area contributed by atoms with Gasteiger partial charge in [-0.3, -0.25) is 0 Å². The molecule has 9 aromatic carbocycles. The molecule has 0 atom stereocenters. The molecule has 0 aliphatic rings. The summed E-state index contributed by atoms with van der Waals surface area (Å²) in [5, 5.41) is 7.55. The topological polar surface area (TPSA) is 9.86 Å². The Morgan fingerprint density at radius 3 is 1.74 bits per heavy atom. The Kier molecular flexibility index (Phi) is 6.90. The number of benzene rings is 9. The second-order valence-electron chi connectivity index (χ2n) is 14.1. The molecule has 0 radical (unpaired) electrons. The summed E-state index contributed by atoms with van der Waals surface area (Å²) < 4.78 is 4.88. The molecule has 0 saturated heterocycles. The lowest BCUT2D eigenvalue weighted by Crippen LogP contribution is -1.97. The normalized spacial score (nSPS) is 11.7. The molecule has 0 aliphatic heterocycles.